The molecule has 0 spiro atoms. The van der Waals surface area contributed by atoms with Gasteiger partial charge in [0.25, 0.3) is 5.91 Å². The van der Waals surface area contributed by atoms with Crippen molar-refractivity contribution >= 4 is 33.4 Å². The zero-order chi connectivity index (χ0) is 15.6. The van der Waals surface area contributed by atoms with E-state index in [1.54, 1.807) is 25.2 Å². The van der Waals surface area contributed by atoms with Gasteiger partial charge < -0.3 is 4.90 Å². The van der Waals surface area contributed by atoms with Crippen LogP contribution in [-0.4, -0.2) is 17.9 Å². The van der Waals surface area contributed by atoms with Crippen molar-refractivity contribution in [1.29, 1.82) is 0 Å². The molecule has 5 heteroatoms. The Morgan fingerprint density at radius 3 is 2.43 bits per heavy atom. The van der Waals surface area contributed by atoms with Gasteiger partial charge in [-0.1, -0.05) is 39.7 Å². The summed E-state index contributed by atoms with van der Waals surface area (Å²) in [5.74, 6) is -0.896. The van der Waals surface area contributed by atoms with Crippen LogP contribution >= 0.6 is 27.5 Å². The van der Waals surface area contributed by atoms with Gasteiger partial charge in [-0.2, -0.15) is 0 Å². The Balaban J connectivity index is 2.24. The van der Waals surface area contributed by atoms with Crippen LogP contribution in [0.3, 0.4) is 0 Å². The summed E-state index contributed by atoms with van der Waals surface area (Å²) in [6.07, 6.45) is 0. The lowest BCUT2D eigenvalue weighted by atomic mass is 10.1. The van der Waals surface area contributed by atoms with E-state index in [1.165, 1.54) is 17.0 Å². The van der Waals surface area contributed by atoms with Gasteiger partial charge >= 0.3 is 0 Å². The molecule has 2 aromatic carbocycles. The standard InChI is InChI=1S/C16H14BrClFNO/c1-10(11-3-6-13(18)7-4-11)20(2)16(21)14-8-5-12(17)9-15(14)19/h3-10H,1-2H3. The van der Waals surface area contributed by atoms with Crippen LogP contribution in [0.4, 0.5) is 4.39 Å². The number of nitrogens with zero attached hydrogens (tertiary/aromatic N) is 1. The number of hydrogen-bond acceptors (Lipinski definition) is 1. The number of amides is 1. The third kappa shape index (κ3) is 3.63. The van der Waals surface area contributed by atoms with Crippen LogP contribution in [-0.2, 0) is 0 Å². The molecular formula is C16H14BrClFNO. The lowest BCUT2D eigenvalue weighted by molar-refractivity contribution is 0.0738. The quantitative estimate of drug-likeness (QED) is 0.738. The summed E-state index contributed by atoms with van der Waals surface area (Å²) in [5, 5.41) is 0.638. The Morgan fingerprint density at radius 1 is 1.24 bits per heavy atom. The molecular weight excluding hydrogens is 357 g/mol. The second-order valence-corrected chi connectivity index (χ2v) is 6.12. The zero-order valence-corrected chi connectivity index (χ0v) is 14.0. The summed E-state index contributed by atoms with van der Waals surface area (Å²) >= 11 is 9.03. The monoisotopic (exact) mass is 369 g/mol. The molecule has 0 aliphatic rings. The van der Waals surface area contributed by atoms with E-state index in [0.717, 1.165) is 5.56 Å². The van der Waals surface area contributed by atoms with Crippen molar-refractivity contribution in [1.82, 2.24) is 4.90 Å². The van der Waals surface area contributed by atoms with Gasteiger partial charge in [0, 0.05) is 16.5 Å². The van der Waals surface area contributed by atoms with Gasteiger partial charge in [0.05, 0.1) is 11.6 Å². The minimum Gasteiger partial charge on any atom is -0.335 e. The minimum absolute atomic E-state index is 0.0570. The second kappa shape index (κ2) is 6.58. The average Bonchev–Trinajstić information content (AvgIpc) is 2.46. The summed E-state index contributed by atoms with van der Waals surface area (Å²) in [6.45, 7) is 1.89. The zero-order valence-electron chi connectivity index (χ0n) is 11.6. The molecule has 0 heterocycles. The van der Waals surface area contributed by atoms with E-state index < -0.39 is 5.82 Å². The highest BCUT2D eigenvalue weighted by Crippen LogP contribution is 2.24. The maximum Gasteiger partial charge on any atom is 0.257 e. The number of hydrogen-bond donors (Lipinski definition) is 0. The van der Waals surface area contributed by atoms with Crippen LogP contribution < -0.4 is 0 Å². The molecule has 2 nitrogen and oxygen atoms in total. The van der Waals surface area contributed by atoms with Crippen molar-refractivity contribution in [2.75, 3.05) is 7.05 Å². The average molecular weight is 371 g/mol. The summed E-state index contributed by atoms with van der Waals surface area (Å²) < 4.78 is 14.5. The van der Waals surface area contributed by atoms with Crippen LogP contribution in [0.25, 0.3) is 0 Å². The molecule has 0 saturated heterocycles. The topological polar surface area (TPSA) is 20.3 Å². The Morgan fingerprint density at radius 2 is 1.86 bits per heavy atom. The van der Waals surface area contributed by atoms with E-state index >= 15 is 0 Å². The van der Waals surface area contributed by atoms with Crippen molar-refractivity contribution in [3.05, 3.63) is 68.9 Å². The van der Waals surface area contributed by atoms with Crippen molar-refractivity contribution in [3.8, 4) is 0 Å². The summed E-state index contributed by atoms with van der Waals surface area (Å²) in [5.41, 5.74) is 0.995. The summed E-state index contributed by atoms with van der Waals surface area (Å²) in [6, 6.07) is 11.5. The Labute approximate surface area is 136 Å². The second-order valence-electron chi connectivity index (χ2n) is 4.77. The highest BCUT2D eigenvalue weighted by atomic mass is 79.9. The van der Waals surface area contributed by atoms with E-state index in [1.807, 2.05) is 19.1 Å². The van der Waals surface area contributed by atoms with Crippen LogP contribution in [0.5, 0.6) is 0 Å². The molecule has 1 atom stereocenters. The van der Waals surface area contributed by atoms with Crippen molar-refractivity contribution in [2.45, 2.75) is 13.0 Å². The molecule has 0 N–H and O–H groups in total. The van der Waals surface area contributed by atoms with Crippen LogP contribution in [0, 0.1) is 5.82 Å². The van der Waals surface area contributed by atoms with Gasteiger partial charge in [-0.15, -0.1) is 0 Å². The first-order valence-corrected chi connectivity index (χ1v) is 7.55. The predicted molar refractivity (Wildman–Crippen MR) is 86.1 cm³/mol. The molecule has 2 rings (SSSR count). The van der Waals surface area contributed by atoms with E-state index in [2.05, 4.69) is 15.9 Å². The molecule has 21 heavy (non-hydrogen) atoms. The highest BCUT2D eigenvalue weighted by Gasteiger charge is 2.21. The third-order valence-electron chi connectivity index (χ3n) is 3.42. The maximum absolute atomic E-state index is 13.9. The van der Waals surface area contributed by atoms with Gasteiger partial charge in [0.2, 0.25) is 0 Å². The molecule has 0 aliphatic carbocycles. The summed E-state index contributed by atoms with van der Waals surface area (Å²) in [4.78, 5) is 13.9. The fraction of sp³-hybridized carbons (Fsp3) is 0.188. The number of rotatable bonds is 3. The van der Waals surface area contributed by atoms with Gasteiger partial charge in [-0.3, -0.25) is 4.79 Å². The third-order valence-corrected chi connectivity index (χ3v) is 4.16. The van der Waals surface area contributed by atoms with Crippen molar-refractivity contribution in [2.24, 2.45) is 0 Å². The molecule has 0 radical (unpaired) electrons. The van der Waals surface area contributed by atoms with Gasteiger partial charge in [-0.05, 0) is 42.8 Å². The Bertz CT molecular complexity index is 660. The minimum atomic E-state index is -0.537. The molecule has 0 saturated carbocycles. The Hall–Kier alpha value is -1.39. The molecule has 0 fully saturated rings. The molecule has 0 bridgehead atoms. The first-order chi connectivity index (χ1) is 9.90. The molecule has 2 aromatic rings. The van der Waals surface area contributed by atoms with E-state index in [0.29, 0.717) is 9.50 Å². The molecule has 1 amide bonds. The van der Waals surface area contributed by atoms with E-state index in [-0.39, 0.29) is 17.5 Å². The SMILES string of the molecule is CC(c1ccc(Cl)cc1)N(C)C(=O)c1ccc(Br)cc1F. The van der Waals surface area contributed by atoms with Crippen LogP contribution in [0.15, 0.2) is 46.9 Å². The maximum atomic E-state index is 13.9. The predicted octanol–water partition coefficient (Wildman–Crippen LogP) is 5.07. The number of halogens is 3. The first kappa shape index (κ1) is 16.0. The summed E-state index contributed by atoms with van der Waals surface area (Å²) in [7, 11) is 1.66. The van der Waals surface area contributed by atoms with Crippen LogP contribution in [0.2, 0.25) is 5.02 Å². The molecule has 1 unspecified atom stereocenters. The number of carbonyl (C=O) groups is 1. The smallest absolute Gasteiger partial charge is 0.257 e. The number of carbonyl (C=O) groups excluding carboxylic acids is 1. The molecule has 0 aliphatic heterocycles. The van der Waals surface area contributed by atoms with E-state index in [9.17, 15) is 9.18 Å². The van der Waals surface area contributed by atoms with Gasteiger partial charge in [0.1, 0.15) is 5.82 Å². The molecule has 110 valence electrons. The number of benzene rings is 2. The highest BCUT2D eigenvalue weighted by molar-refractivity contribution is 9.10. The lowest BCUT2D eigenvalue weighted by Crippen LogP contribution is -2.30. The molecule has 0 aromatic heterocycles. The van der Waals surface area contributed by atoms with Crippen LogP contribution in [0.1, 0.15) is 28.9 Å². The largest absolute Gasteiger partial charge is 0.335 e. The van der Waals surface area contributed by atoms with Crippen molar-refractivity contribution < 1.29 is 9.18 Å². The first-order valence-electron chi connectivity index (χ1n) is 6.38. The fourth-order valence-corrected chi connectivity index (χ4v) is 2.45. The van der Waals surface area contributed by atoms with E-state index in [4.69, 9.17) is 11.6 Å². The van der Waals surface area contributed by atoms with Crippen molar-refractivity contribution in [3.63, 3.8) is 0 Å². The van der Waals surface area contributed by atoms with Gasteiger partial charge in [-0.25, -0.2) is 4.39 Å². The normalized spacial score (nSPS) is 12.0. The van der Waals surface area contributed by atoms with Gasteiger partial charge in [0.15, 0.2) is 0 Å². The Kier molecular flexibility index (Phi) is 5.01. The lowest BCUT2D eigenvalue weighted by Gasteiger charge is -2.25. The fourth-order valence-electron chi connectivity index (χ4n) is 1.99.